The fourth-order valence-electron chi connectivity index (χ4n) is 0.859. The van der Waals surface area contributed by atoms with Crippen molar-refractivity contribution in [1.29, 1.82) is 0 Å². The Kier molecular flexibility index (Phi) is 13.5. The van der Waals surface area contributed by atoms with Crippen LogP contribution in [0.2, 0.25) is 0 Å². The third-order valence-electron chi connectivity index (χ3n) is 1.68. The van der Waals surface area contributed by atoms with E-state index >= 15 is 0 Å². The third kappa shape index (κ3) is 18.9. The number of carboxylic acids is 1. The Labute approximate surface area is 102 Å². The number of aliphatic hydroxyl groups is 1. The van der Waals surface area contributed by atoms with Crippen LogP contribution in [0.3, 0.4) is 0 Å². The van der Waals surface area contributed by atoms with Crippen LogP contribution in [0.25, 0.3) is 0 Å². The number of carboxylic acid groups (broad SMARTS) is 1. The van der Waals surface area contributed by atoms with Crippen LogP contribution < -0.4 is 0 Å². The van der Waals surface area contributed by atoms with E-state index in [1.807, 2.05) is 19.9 Å². The van der Waals surface area contributed by atoms with Crippen molar-refractivity contribution >= 4 is 17.6 Å². The lowest BCUT2D eigenvalue weighted by molar-refractivity contribution is -0.134. The van der Waals surface area contributed by atoms with E-state index in [0.29, 0.717) is 5.88 Å². The summed E-state index contributed by atoms with van der Waals surface area (Å²) in [5.74, 6) is -0.219. The van der Waals surface area contributed by atoms with Gasteiger partial charge in [0.25, 0.3) is 5.97 Å². The summed E-state index contributed by atoms with van der Waals surface area (Å²) >= 11 is 5.61. The molecule has 0 amide bonds. The molecule has 2 N–H and O–H groups in total. The first-order chi connectivity index (χ1) is 7.43. The van der Waals surface area contributed by atoms with Crippen LogP contribution in [0, 0.1) is 0 Å². The summed E-state index contributed by atoms with van der Waals surface area (Å²) < 4.78 is 0. The van der Waals surface area contributed by atoms with Gasteiger partial charge in [-0.15, -0.1) is 11.6 Å². The molecule has 0 aromatic rings. The van der Waals surface area contributed by atoms with E-state index in [2.05, 4.69) is 6.08 Å². The highest BCUT2D eigenvalue weighted by Crippen LogP contribution is 2.06. The molecule has 0 saturated heterocycles. The van der Waals surface area contributed by atoms with Gasteiger partial charge in [-0.2, -0.15) is 0 Å². The fraction of sp³-hybridized carbons (Fsp3) is 0.583. The first kappa shape index (κ1) is 17.6. The van der Waals surface area contributed by atoms with Crippen molar-refractivity contribution in [2.75, 3.05) is 12.5 Å². The van der Waals surface area contributed by atoms with Crippen LogP contribution in [-0.4, -0.2) is 28.7 Å². The largest absolute Gasteiger partial charge is 0.481 e. The van der Waals surface area contributed by atoms with Crippen LogP contribution in [0.4, 0.5) is 0 Å². The predicted molar refractivity (Wildman–Crippen MR) is 67.9 cm³/mol. The topological polar surface area (TPSA) is 57.5 Å². The SMILES string of the molecule is CC(=CCCC(C)=CCO)CCl.CC(=O)O. The zero-order chi connectivity index (χ0) is 13.0. The first-order valence-electron chi connectivity index (χ1n) is 5.11. The molecule has 0 unspecified atom stereocenters. The van der Waals surface area contributed by atoms with Gasteiger partial charge in [0.2, 0.25) is 0 Å². The molecule has 4 heteroatoms. The van der Waals surface area contributed by atoms with Gasteiger partial charge < -0.3 is 10.2 Å². The molecule has 94 valence electrons. The Morgan fingerprint density at radius 3 is 2.06 bits per heavy atom. The molecule has 0 spiro atoms. The summed E-state index contributed by atoms with van der Waals surface area (Å²) in [7, 11) is 0. The number of hydrogen-bond acceptors (Lipinski definition) is 2. The van der Waals surface area contributed by atoms with Crippen molar-refractivity contribution in [1.82, 2.24) is 0 Å². The average Bonchev–Trinajstić information content (AvgIpc) is 2.17. The number of carbonyl (C=O) groups is 1. The zero-order valence-corrected chi connectivity index (χ0v) is 10.9. The Morgan fingerprint density at radius 1 is 1.19 bits per heavy atom. The fourth-order valence-corrected chi connectivity index (χ4v) is 0.968. The van der Waals surface area contributed by atoms with E-state index in [4.69, 9.17) is 26.6 Å². The maximum atomic E-state index is 9.00. The summed E-state index contributed by atoms with van der Waals surface area (Å²) in [5.41, 5.74) is 2.45. The van der Waals surface area contributed by atoms with E-state index in [1.165, 1.54) is 11.1 Å². The predicted octanol–water partition coefficient (Wildman–Crippen LogP) is 2.98. The summed E-state index contributed by atoms with van der Waals surface area (Å²) in [6.45, 7) is 5.28. The molecule has 3 nitrogen and oxygen atoms in total. The van der Waals surface area contributed by atoms with Gasteiger partial charge in [-0.3, -0.25) is 4.79 Å². The van der Waals surface area contributed by atoms with E-state index in [0.717, 1.165) is 19.8 Å². The molecule has 0 heterocycles. The Bertz CT molecular complexity index is 241. The van der Waals surface area contributed by atoms with Crippen molar-refractivity contribution in [3.8, 4) is 0 Å². The van der Waals surface area contributed by atoms with E-state index in [1.54, 1.807) is 0 Å². The van der Waals surface area contributed by atoms with Crippen molar-refractivity contribution in [2.45, 2.75) is 33.6 Å². The lowest BCUT2D eigenvalue weighted by atomic mass is 10.1. The normalized spacial score (nSPS) is 11.8. The second-order valence-corrected chi connectivity index (χ2v) is 3.74. The van der Waals surface area contributed by atoms with Gasteiger partial charge in [-0.25, -0.2) is 0 Å². The summed E-state index contributed by atoms with van der Waals surface area (Å²) in [5, 5.41) is 16.0. The van der Waals surface area contributed by atoms with E-state index in [9.17, 15) is 0 Å². The highest BCUT2D eigenvalue weighted by molar-refractivity contribution is 6.19. The maximum Gasteiger partial charge on any atom is 0.300 e. The number of alkyl halides is 1. The van der Waals surface area contributed by atoms with Gasteiger partial charge in [0.1, 0.15) is 0 Å². The number of hydrogen-bond donors (Lipinski definition) is 2. The quantitative estimate of drug-likeness (QED) is 0.581. The van der Waals surface area contributed by atoms with Crippen LogP contribution >= 0.6 is 11.6 Å². The molecule has 0 aliphatic rings. The molecule has 0 aliphatic heterocycles. The van der Waals surface area contributed by atoms with Crippen molar-refractivity contribution in [3.05, 3.63) is 23.3 Å². The monoisotopic (exact) mass is 248 g/mol. The van der Waals surface area contributed by atoms with Crippen molar-refractivity contribution < 1.29 is 15.0 Å². The van der Waals surface area contributed by atoms with Crippen LogP contribution in [-0.2, 0) is 4.79 Å². The Balaban J connectivity index is 0. The van der Waals surface area contributed by atoms with Crippen LogP contribution in [0.15, 0.2) is 23.3 Å². The van der Waals surface area contributed by atoms with Crippen LogP contribution in [0.1, 0.15) is 33.6 Å². The van der Waals surface area contributed by atoms with E-state index < -0.39 is 5.97 Å². The summed E-state index contributed by atoms with van der Waals surface area (Å²) in [6, 6.07) is 0. The van der Waals surface area contributed by atoms with Gasteiger partial charge >= 0.3 is 0 Å². The summed E-state index contributed by atoms with van der Waals surface area (Å²) in [6.07, 6.45) is 6.00. The second-order valence-electron chi connectivity index (χ2n) is 3.47. The highest BCUT2D eigenvalue weighted by Gasteiger charge is 1.88. The molecule has 0 saturated carbocycles. The number of rotatable bonds is 5. The van der Waals surface area contributed by atoms with Crippen LogP contribution in [0.5, 0.6) is 0 Å². The molecule has 0 rings (SSSR count). The molecule has 0 aromatic carbocycles. The smallest absolute Gasteiger partial charge is 0.300 e. The average molecular weight is 249 g/mol. The third-order valence-corrected chi connectivity index (χ3v) is 2.10. The molecular weight excluding hydrogens is 228 g/mol. The minimum atomic E-state index is -0.833. The molecule has 0 bridgehead atoms. The molecular formula is C12H21ClO3. The van der Waals surface area contributed by atoms with Gasteiger partial charge in [-0.05, 0) is 26.7 Å². The molecule has 0 aliphatic carbocycles. The molecule has 0 aromatic heterocycles. The number of aliphatic carboxylic acids is 1. The number of allylic oxidation sites excluding steroid dienone is 3. The minimum absolute atomic E-state index is 0.143. The summed E-state index contributed by atoms with van der Waals surface area (Å²) in [4.78, 5) is 9.00. The van der Waals surface area contributed by atoms with Crippen molar-refractivity contribution in [2.24, 2.45) is 0 Å². The molecule has 0 fully saturated rings. The molecule has 0 atom stereocenters. The molecule has 16 heavy (non-hydrogen) atoms. The maximum absolute atomic E-state index is 9.00. The lowest BCUT2D eigenvalue weighted by Gasteiger charge is -1.97. The number of halogens is 1. The van der Waals surface area contributed by atoms with Gasteiger partial charge in [0.05, 0.1) is 6.61 Å². The zero-order valence-electron chi connectivity index (χ0n) is 10.2. The number of aliphatic hydroxyl groups excluding tert-OH is 1. The van der Waals surface area contributed by atoms with Crippen molar-refractivity contribution in [3.63, 3.8) is 0 Å². The first-order valence-corrected chi connectivity index (χ1v) is 5.65. The van der Waals surface area contributed by atoms with Gasteiger partial charge in [0, 0.05) is 12.8 Å². The van der Waals surface area contributed by atoms with Gasteiger partial charge in [-0.1, -0.05) is 23.3 Å². The Hall–Kier alpha value is -0.800. The minimum Gasteiger partial charge on any atom is -0.481 e. The van der Waals surface area contributed by atoms with E-state index in [-0.39, 0.29) is 6.61 Å². The lowest BCUT2D eigenvalue weighted by Crippen LogP contribution is -1.82. The Morgan fingerprint density at radius 2 is 1.69 bits per heavy atom. The second kappa shape index (κ2) is 12.3. The standard InChI is InChI=1S/C10H17ClO.C2H4O2/c1-9(6-7-12)4-3-5-10(2)8-11;1-2(3)4/h5-6,12H,3-4,7-8H2,1-2H3;1H3,(H,3,4). The highest BCUT2D eigenvalue weighted by atomic mass is 35.5. The molecule has 0 radical (unpaired) electrons. The van der Waals surface area contributed by atoms with Gasteiger partial charge in [0.15, 0.2) is 0 Å².